The molecule has 1 heterocycles. The number of hydrogen-bond acceptors (Lipinski definition) is 6. The summed E-state index contributed by atoms with van der Waals surface area (Å²) >= 11 is 0. The number of aromatic nitrogens is 2. The average Bonchev–Trinajstić information content (AvgIpc) is 2.47. The number of primary amides is 1. The molecule has 0 spiro atoms. The summed E-state index contributed by atoms with van der Waals surface area (Å²) in [4.78, 5) is 23.2. The summed E-state index contributed by atoms with van der Waals surface area (Å²) in [6.45, 7) is 3.52. The van der Waals surface area contributed by atoms with E-state index in [0.717, 1.165) is 0 Å². The van der Waals surface area contributed by atoms with Gasteiger partial charge in [-0.3, -0.25) is 4.79 Å². The summed E-state index contributed by atoms with van der Waals surface area (Å²) in [6, 6.07) is 6.49. The van der Waals surface area contributed by atoms with E-state index in [1.54, 1.807) is 32.0 Å². The van der Waals surface area contributed by atoms with E-state index >= 15 is 0 Å². The van der Waals surface area contributed by atoms with Crippen molar-refractivity contribution in [3.8, 4) is 0 Å². The van der Waals surface area contributed by atoms with E-state index < -0.39 is 17.9 Å². The Bertz CT molecular complexity index is 687. The van der Waals surface area contributed by atoms with Crippen LogP contribution in [0.3, 0.4) is 0 Å². The first-order valence-electron chi connectivity index (χ1n) is 6.53. The summed E-state index contributed by atoms with van der Waals surface area (Å²) in [5.41, 5.74) is 6.29. The smallest absolute Gasteiger partial charge is 0.361 e. The highest BCUT2D eigenvalue weighted by atomic mass is 16.5. The van der Waals surface area contributed by atoms with Crippen molar-refractivity contribution in [3.05, 3.63) is 30.0 Å². The number of fused-ring (bicyclic) bond motifs is 1. The van der Waals surface area contributed by atoms with Gasteiger partial charge in [-0.05, 0) is 19.9 Å². The molecule has 3 N–H and O–H groups in total. The molecule has 110 valence electrons. The third-order valence-corrected chi connectivity index (χ3v) is 2.92. The minimum absolute atomic E-state index is 0.0312. The van der Waals surface area contributed by atoms with Gasteiger partial charge in [-0.15, -0.1) is 10.2 Å². The molecule has 0 saturated heterocycles. The van der Waals surface area contributed by atoms with Crippen molar-refractivity contribution < 1.29 is 14.3 Å². The van der Waals surface area contributed by atoms with E-state index in [9.17, 15) is 9.59 Å². The number of nitrogens with two attached hydrogens (primary N) is 1. The summed E-state index contributed by atoms with van der Waals surface area (Å²) in [7, 11) is 0. The van der Waals surface area contributed by atoms with Crippen molar-refractivity contribution >= 4 is 28.5 Å². The van der Waals surface area contributed by atoms with Gasteiger partial charge in [0.1, 0.15) is 6.04 Å². The normalized spacial score (nSPS) is 11.9. The highest BCUT2D eigenvalue weighted by Gasteiger charge is 2.21. The third-order valence-electron chi connectivity index (χ3n) is 2.92. The number of benzene rings is 1. The van der Waals surface area contributed by atoms with Gasteiger partial charge in [-0.2, -0.15) is 0 Å². The van der Waals surface area contributed by atoms with Crippen molar-refractivity contribution in [1.82, 2.24) is 10.2 Å². The van der Waals surface area contributed by atoms with Crippen LogP contribution in [0.2, 0.25) is 0 Å². The van der Waals surface area contributed by atoms with E-state index in [1.165, 1.54) is 0 Å². The average molecular weight is 288 g/mol. The Labute approximate surface area is 121 Å². The third kappa shape index (κ3) is 3.07. The molecule has 21 heavy (non-hydrogen) atoms. The van der Waals surface area contributed by atoms with Gasteiger partial charge in [-0.1, -0.05) is 18.2 Å². The van der Waals surface area contributed by atoms with Crippen LogP contribution in [0, 0.1) is 0 Å². The first kappa shape index (κ1) is 14.7. The van der Waals surface area contributed by atoms with Gasteiger partial charge < -0.3 is 15.8 Å². The second kappa shape index (κ2) is 6.17. The number of carbonyl (C=O) groups is 2. The Morgan fingerprint density at radius 2 is 2.05 bits per heavy atom. The van der Waals surface area contributed by atoms with Gasteiger partial charge in [0.2, 0.25) is 5.91 Å². The van der Waals surface area contributed by atoms with Crippen LogP contribution in [0.1, 0.15) is 24.3 Å². The van der Waals surface area contributed by atoms with E-state index in [4.69, 9.17) is 10.5 Å². The predicted octanol–water partition coefficient (Wildman–Crippen LogP) is 1.09. The number of nitrogens with zero attached hydrogens (tertiary/aromatic N) is 2. The van der Waals surface area contributed by atoms with Crippen molar-refractivity contribution in [2.24, 2.45) is 5.73 Å². The van der Waals surface area contributed by atoms with Gasteiger partial charge in [0.15, 0.2) is 5.69 Å². The van der Waals surface area contributed by atoms with Crippen molar-refractivity contribution in [2.45, 2.75) is 19.9 Å². The number of anilines is 1. The molecule has 0 aliphatic heterocycles. The molecule has 0 aliphatic rings. The Balaban J connectivity index is 2.56. The zero-order valence-corrected chi connectivity index (χ0v) is 11.8. The highest BCUT2D eigenvalue weighted by Crippen LogP contribution is 2.25. The zero-order valence-electron chi connectivity index (χ0n) is 11.8. The van der Waals surface area contributed by atoms with E-state index in [1.807, 2.05) is 6.07 Å². The molecule has 2 rings (SSSR count). The SMILES string of the molecule is CCOC(=O)c1nnc2ccccc2c1NC(C)C(N)=O. The summed E-state index contributed by atoms with van der Waals surface area (Å²) in [5.74, 6) is -1.14. The fraction of sp³-hybridized carbons (Fsp3) is 0.286. The highest BCUT2D eigenvalue weighted by molar-refractivity contribution is 6.04. The number of ether oxygens (including phenoxy) is 1. The molecule has 1 atom stereocenters. The number of carbonyl (C=O) groups excluding carboxylic acids is 2. The van der Waals surface area contributed by atoms with Crippen LogP contribution in [0.4, 0.5) is 5.69 Å². The number of esters is 1. The molecule has 0 saturated carbocycles. The maximum Gasteiger partial charge on any atom is 0.361 e. The first-order chi connectivity index (χ1) is 10.0. The molecule has 0 aliphatic carbocycles. The lowest BCUT2D eigenvalue weighted by atomic mass is 10.1. The fourth-order valence-corrected chi connectivity index (χ4v) is 1.83. The van der Waals surface area contributed by atoms with Crippen LogP contribution in [0.25, 0.3) is 10.9 Å². The summed E-state index contributed by atoms with van der Waals surface area (Å²) in [6.07, 6.45) is 0. The van der Waals surface area contributed by atoms with Crippen molar-refractivity contribution in [3.63, 3.8) is 0 Å². The number of amides is 1. The second-order valence-electron chi connectivity index (χ2n) is 4.43. The summed E-state index contributed by atoms with van der Waals surface area (Å²) in [5, 5.41) is 11.5. The number of rotatable bonds is 5. The molecule has 1 aromatic heterocycles. The van der Waals surface area contributed by atoms with E-state index in [2.05, 4.69) is 15.5 Å². The zero-order chi connectivity index (χ0) is 15.4. The standard InChI is InChI=1S/C14H16N4O3/c1-3-21-14(20)12-11(16-8(2)13(15)19)9-6-4-5-7-10(9)17-18-12/h4-8H,3H2,1-2H3,(H2,15,19)(H,16,17). The monoisotopic (exact) mass is 288 g/mol. The molecule has 1 aromatic carbocycles. The lowest BCUT2D eigenvalue weighted by molar-refractivity contribution is -0.118. The lowest BCUT2D eigenvalue weighted by Gasteiger charge is -2.16. The minimum Gasteiger partial charge on any atom is -0.461 e. The largest absolute Gasteiger partial charge is 0.461 e. The van der Waals surface area contributed by atoms with Gasteiger partial charge >= 0.3 is 5.97 Å². The lowest BCUT2D eigenvalue weighted by Crippen LogP contribution is -2.33. The van der Waals surface area contributed by atoms with Crippen LogP contribution in [-0.2, 0) is 9.53 Å². The van der Waals surface area contributed by atoms with Gasteiger partial charge in [0.25, 0.3) is 0 Å². The van der Waals surface area contributed by atoms with E-state index in [0.29, 0.717) is 16.6 Å². The number of hydrogen-bond donors (Lipinski definition) is 2. The maximum absolute atomic E-state index is 12.0. The molecule has 0 fully saturated rings. The van der Waals surface area contributed by atoms with Crippen molar-refractivity contribution in [2.75, 3.05) is 11.9 Å². The van der Waals surface area contributed by atoms with Crippen LogP contribution in [-0.4, -0.2) is 34.7 Å². The summed E-state index contributed by atoms with van der Waals surface area (Å²) < 4.78 is 4.96. The second-order valence-corrected chi connectivity index (χ2v) is 4.43. The first-order valence-corrected chi connectivity index (χ1v) is 6.53. The molecular weight excluding hydrogens is 272 g/mol. The van der Waals surface area contributed by atoms with Gasteiger partial charge in [0.05, 0.1) is 17.8 Å². The van der Waals surface area contributed by atoms with Crippen LogP contribution in [0.15, 0.2) is 24.3 Å². The maximum atomic E-state index is 12.0. The van der Waals surface area contributed by atoms with Crippen LogP contribution < -0.4 is 11.1 Å². The van der Waals surface area contributed by atoms with Crippen LogP contribution in [0.5, 0.6) is 0 Å². The molecular formula is C14H16N4O3. The van der Waals surface area contributed by atoms with E-state index in [-0.39, 0.29) is 12.3 Å². The number of nitrogens with one attached hydrogen (secondary N) is 1. The van der Waals surface area contributed by atoms with Gasteiger partial charge in [0, 0.05) is 5.39 Å². The Hall–Kier alpha value is -2.70. The topological polar surface area (TPSA) is 107 Å². The Morgan fingerprint density at radius 3 is 2.71 bits per heavy atom. The predicted molar refractivity (Wildman–Crippen MR) is 77.8 cm³/mol. The quantitative estimate of drug-likeness (QED) is 0.797. The minimum atomic E-state index is -0.661. The Morgan fingerprint density at radius 1 is 1.33 bits per heavy atom. The molecule has 1 unspecified atom stereocenters. The molecule has 0 bridgehead atoms. The molecule has 2 aromatic rings. The molecule has 1 amide bonds. The fourth-order valence-electron chi connectivity index (χ4n) is 1.83. The van der Waals surface area contributed by atoms with Crippen LogP contribution >= 0.6 is 0 Å². The van der Waals surface area contributed by atoms with Crippen molar-refractivity contribution in [1.29, 1.82) is 0 Å². The molecule has 0 radical (unpaired) electrons. The molecule has 7 nitrogen and oxygen atoms in total. The van der Waals surface area contributed by atoms with Gasteiger partial charge in [-0.25, -0.2) is 4.79 Å². The Kier molecular flexibility index (Phi) is 4.32. The molecule has 7 heteroatoms.